The van der Waals surface area contributed by atoms with Gasteiger partial charge < -0.3 is 9.64 Å². The zero-order valence-electron chi connectivity index (χ0n) is 14.7. The molecule has 0 radical (unpaired) electrons. The smallest absolute Gasteiger partial charge is 0.253 e. The fraction of sp³-hybridized carbons (Fsp3) is 0.300. The van der Waals surface area contributed by atoms with Gasteiger partial charge in [0.05, 0.1) is 21.8 Å². The summed E-state index contributed by atoms with van der Waals surface area (Å²) in [4.78, 5) is 18.8. The summed E-state index contributed by atoms with van der Waals surface area (Å²) in [6.07, 6.45) is 0.0224. The topological polar surface area (TPSA) is 42.4 Å². The highest BCUT2D eigenvalue weighted by atomic mass is 32.1. The van der Waals surface area contributed by atoms with Gasteiger partial charge in [-0.05, 0) is 49.2 Å². The van der Waals surface area contributed by atoms with E-state index >= 15 is 0 Å². The van der Waals surface area contributed by atoms with E-state index in [1.807, 2.05) is 50.7 Å². The molecule has 0 saturated carbocycles. The summed E-state index contributed by atoms with van der Waals surface area (Å²) in [5.74, 6) is 0.00291. The lowest BCUT2D eigenvalue weighted by Crippen LogP contribution is -2.34. The van der Waals surface area contributed by atoms with Crippen molar-refractivity contribution in [3.63, 3.8) is 0 Å². The quantitative estimate of drug-likeness (QED) is 0.656. The first-order chi connectivity index (χ1) is 12.1. The summed E-state index contributed by atoms with van der Waals surface area (Å²) in [5.41, 5.74) is 5.61. The Morgan fingerprint density at radius 1 is 1.24 bits per heavy atom. The monoisotopic (exact) mass is 354 g/mol. The Hall–Kier alpha value is -2.24. The Labute approximate surface area is 152 Å². The zero-order chi connectivity index (χ0) is 17.8. The molecule has 0 spiro atoms. The van der Waals surface area contributed by atoms with Crippen LogP contribution in [0.5, 0.6) is 0 Å². The van der Waals surface area contributed by atoms with E-state index in [-0.39, 0.29) is 12.0 Å². The molecule has 0 aliphatic carbocycles. The molecule has 0 aliphatic heterocycles. The van der Waals surface area contributed by atoms with Gasteiger partial charge in [-0.1, -0.05) is 18.2 Å². The van der Waals surface area contributed by atoms with Crippen molar-refractivity contribution in [1.82, 2.24) is 9.88 Å². The Morgan fingerprint density at radius 3 is 2.84 bits per heavy atom. The van der Waals surface area contributed by atoms with Crippen molar-refractivity contribution >= 4 is 27.5 Å². The third-order valence-corrected chi connectivity index (χ3v) is 4.91. The number of amides is 1. The summed E-state index contributed by atoms with van der Waals surface area (Å²) >= 11 is 1.63. The number of carbonyl (C=O) groups excluding carboxylic acids is 1. The van der Waals surface area contributed by atoms with Crippen molar-refractivity contribution in [2.75, 3.05) is 20.2 Å². The maximum atomic E-state index is 12.7. The van der Waals surface area contributed by atoms with E-state index in [0.29, 0.717) is 18.7 Å². The molecule has 1 atom stereocenters. The molecule has 0 bridgehead atoms. The van der Waals surface area contributed by atoms with E-state index < -0.39 is 0 Å². The van der Waals surface area contributed by atoms with Gasteiger partial charge in [0, 0.05) is 25.8 Å². The molecule has 3 rings (SSSR count). The normalized spacial score (nSPS) is 12.3. The van der Waals surface area contributed by atoms with Crippen LogP contribution in [-0.4, -0.2) is 42.1 Å². The second-order valence-electron chi connectivity index (χ2n) is 6.07. The number of benzene rings is 2. The van der Waals surface area contributed by atoms with Crippen molar-refractivity contribution < 1.29 is 9.53 Å². The number of hydrogen-bond donors (Lipinski definition) is 0. The van der Waals surface area contributed by atoms with Gasteiger partial charge >= 0.3 is 0 Å². The van der Waals surface area contributed by atoms with E-state index in [1.54, 1.807) is 16.2 Å². The first kappa shape index (κ1) is 17.6. The maximum Gasteiger partial charge on any atom is 0.253 e. The SMILES string of the molecule is CCOC(C)CN(C)C(=O)c1cccc(-c2ccc3scnc3c2)c1. The Balaban J connectivity index is 1.81. The first-order valence-corrected chi connectivity index (χ1v) is 9.27. The molecule has 1 amide bonds. The summed E-state index contributed by atoms with van der Waals surface area (Å²) < 4.78 is 6.69. The molecule has 3 aromatic rings. The minimum absolute atomic E-state index is 0.00291. The molecular formula is C20H22N2O2S. The second-order valence-corrected chi connectivity index (χ2v) is 6.95. The van der Waals surface area contributed by atoms with E-state index in [0.717, 1.165) is 16.6 Å². The largest absolute Gasteiger partial charge is 0.377 e. The van der Waals surface area contributed by atoms with Gasteiger partial charge in [-0.2, -0.15) is 0 Å². The standard InChI is InChI=1S/C20H22N2O2S/c1-4-24-14(2)12-22(3)20(23)17-7-5-6-15(10-17)16-8-9-19-18(11-16)21-13-25-19/h5-11,13-14H,4,12H2,1-3H3. The third kappa shape index (κ3) is 4.06. The maximum absolute atomic E-state index is 12.7. The summed E-state index contributed by atoms with van der Waals surface area (Å²) in [5, 5.41) is 0. The van der Waals surface area contributed by atoms with Gasteiger partial charge in [-0.15, -0.1) is 11.3 Å². The zero-order valence-corrected chi connectivity index (χ0v) is 15.5. The fourth-order valence-electron chi connectivity index (χ4n) is 2.90. The summed E-state index contributed by atoms with van der Waals surface area (Å²) in [6, 6.07) is 14.0. The number of carbonyl (C=O) groups is 1. The highest BCUT2D eigenvalue weighted by Gasteiger charge is 2.15. The van der Waals surface area contributed by atoms with Crippen LogP contribution in [0.1, 0.15) is 24.2 Å². The molecule has 2 aromatic carbocycles. The number of aromatic nitrogens is 1. The van der Waals surface area contributed by atoms with Crippen LogP contribution in [0.2, 0.25) is 0 Å². The molecule has 4 nitrogen and oxygen atoms in total. The number of ether oxygens (including phenoxy) is 1. The highest BCUT2D eigenvalue weighted by molar-refractivity contribution is 7.16. The number of thiazole rings is 1. The summed E-state index contributed by atoms with van der Waals surface area (Å²) in [7, 11) is 1.81. The Kier molecular flexibility index (Phi) is 5.46. The third-order valence-electron chi connectivity index (χ3n) is 4.10. The van der Waals surface area contributed by atoms with Crippen LogP contribution < -0.4 is 0 Å². The van der Waals surface area contributed by atoms with Crippen LogP contribution in [0.15, 0.2) is 48.0 Å². The lowest BCUT2D eigenvalue weighted by Gasteiger charge is -2.21. The molecule has 0 aliphatic rings. The Morgan fingerprint density at radius 2 is 2.04 bits per heavy atom. The first-order valence-electron chi connectivity index (χ1n) is 8.39. The Bertz CT molecular complexity index is 875. The van der Waals surface area contributed by atoms with Gasteiger partial charge in [0.1, 0.15) is 0 Å². The fourth-order valence-corrected chi connectivity index (χ4v) is 3.55. The van der Waals surface area contributed by atoms with E-state index in [9.17, 15) is 4.79 Å². The molecule has 1 unspecified atom stereocenters. The minimum Gasteiger partial charge on any atom is -0.377 e. The van der Waals surface area contributed by atoms with E-state index in [2.05, 4.69) is 23.2 Å². The second kappa shape index (κ2) is 7.76. The summed E-state index contributed by atoms with van der Waals surface area (Å²) in [6.45, 7) is 5.16. The average Bonchev–Trinajstić information content (AvgIpc) is 3.09. The number of likely N-dealkylation sites (N-methyl/N-ethyl adjacent to an activating group) is 1. The van der Waals surface area contributed by atoms with Gasteiger partial charge in [0.15, 0.2) is 0 Å². The van der Waals surface area contributed by atoms with Crippen molar-refractivity contribution in [2.45, 2.75) is 20.0 Å². The molecule has 0 fully saturated rings. The van der Waals surface area contributed by atoms with Crippen molar-refractivity contribution in [3.8, 4) is 11.1 Å². The van der Waals surface area contributed by atoms with Gasteiger partial charge in [-0.3, -0.25) is 4.79 Å². The van der Waals surface area contributed by atoms with Crippen LogP contribution in [0.25, 0.3) is 21.3 Å². The molecule has 25 heavy (non-hydrogen) atoms. The van der Waals surface area contributed by atoms with Crippen LogP contribution in [0.3, 0.4) is 0 Å². The molecule has 0 N–H and O–H groups in total. The lowest BCUT2D eigenvalue weighted by molar-refractivity contribution is 0.0436. The molecular weight excluding hydrogens is 332 g/mol. The predicted octanol–water partition coefficient (Wildman–Crippen LogP) is 4.46. The van der Waals surface area contributed by atoms with Crippen LogP contribution in [-0.2, 0) is 4.74 Å². The van der Waals surface area contributed by atoms with Gasteiger partial charge in [0.2, 0.25) is 0 Å². The molecule has 1 aromatic heterocycles. The number of fused-ring (bicyclic) bond motifs is 1. The van der Waals surface area contributed by atoms with Crippen molar-refractivity contribution in [1.29, 1.82) is 0 Å². The number of nitrogens with zero attached hydrogens (tertiary/aromatic N) is 2. The average molecular weight is 354 g/mol. The molecule has 1 heterocycles. The lowest BCUT2D eigenvalue weighted by atomic mass is 10.0. The van der Waals surface area contributed by atoms with Crippen LogP contribution >= 0.6 is 11.3 Å². The predicted molar refractivity (Wildman–Crippen MR) is 103 cm³/mol. The highest BCUT2D eigenvalue weighted by Crippen LogP contribution is 2.26. The van der Waals surface area contributed by atoms with Crippen LogP contribution in [0, 0.1) is 0 Å². The molecule has 130 valence electrons. The van der Waals surface area contributed by atoms with E-state index in [4.69, 9.17) is 4.74 Å². The molecule has 0 saturated heterocycles. The minimum atomic E-state index is 0.00291. The number of hydrogen-bond acceptors (Lipinski definition) is 4. The number of rotatable bonds is 6. The van der Waals surface area contributed by atoms with Crippen molar-refractivity contribution in [2.24, 2.45) is 0 Å². The van der Waals surface area contributed by atoms with Gasteiger partial charge in [-0.25, -0.2) is 4.98 Å². The van der Waals surface area contributed by atoms with E-state index in [1.165, 1.54) is 4.70 Å². The van der Waals surface area contributed by atoms with Gasteiger partial charge in [0.25, 0.3) is 5.91 Å². The molecule has 5 heteroatoms. The van der Waals surface area contributed by atoms with Crippen LogP contribution in [0.4, 0.5) is 0 Å². The van der Waals surface area contributed by atoms with Crippen molar-refractivity contribution in [3.05, 3.63) is 53.5 Å².